The summed E-state index contributed by atoms with van der Waals surface area (Å²) in [6.45, 7) is 1.20. The quantitative estimate of drug-likeness (QED) is 0.703. The minimum absolute atomic E-state index is 0.0165. The number of hydrogen-bond donors (Lipinski definition) is 3. The van der Waals surface area contributed by atoms with Crippen LogP contribution >= 0.6 is 0 Å². The van der Waals surface area contributed by atoms with Crippen LogP contribution < -0.4 is 16.2 Å². The van der Waals surface area contributed by atoms with E-state index in [1.54, 1.807) is 4.90 Å². The molecule has 4 fully saturated rings. The summed E-state index contributed by atoms with van der Waals surface area (Å²) in [5.41, 5.74) is 6.81. The van der Waals surface area contributed by atoms with Crippen molar-refractivity contribution in [3.8, 4) is 0 Å². The number of carbonyl (C=O) groups excluding carboxylic acids is 2. The van der Waals surface area contributed by atoms with Crippen LogP contribution in [0.5, 0.6) is 0 Å². The first-order chi connectivity index (χ1) is 13.6. The van der Waals surface area contributed by atoms with E-state index < -0.39 is 6.17 Å². The number of benzene rings is 1. The van der Waals surface area contributed by atoms with E-state index in [9.17, 15) is 14.0 Å². The standard InChI is InChI=1S/C20H25FN4O3/c21-12-6-13-17-14(7-12)22-15-8-25(9-16(18(15)17)23-24-19(13)26)20(27)28-10-11-4-2-1-3-5-11/h1-5,12-18,22-23H,6-10H2,(H,24,26). The van der Waals surface area contributed by atoms with Crippen molar-refractivity contribution < 1.29 is 18.7 Å². The van der Waals surface area contributed by atoms with E-state index in [4.69, 9.17) is 4.74 Å². The molecule has 4 aliphatic rings. The van der Waals surface area contributed by atoms with E-state index in [2.05, 4.69) is 16.2 Å². The Morgan fingerprint density at radius 3 is 2.71 bits per heavy atom. The lowest BCUT2D eigenvalue weighted by Crippen LogP contribution is -2.61. The van der Waals surface area contributed by atoms with Crippen LogP contribution in [0.2, 0.25) is 0 Å². The van der Waals surface area contributed by atoms with E-state index in [0.717, 1.165) is 5.56 Å². The molecule has 150 valence electrons. The zero-order chi connectivity index (χ0) is 19.3. The molecule has 1 aromatic rings. The summed E-state index contributed by atoms with van der Waals surface area (Å²) in [6, 6.07) is 9.51. The molecule has 3 saturated heterocycles. The summed E-state index contributed by atoms with van der Waals surface area (Å²) in [5.74, 6) is -0.142. The maximum atomic E-state index is 14.2. The first-order valence-electron chi connectivity index (χ1n) is 10.0. The molecule has 7 unspecified atom stereocenters. The number of amides is 2. The van der Waals surface area contributed by atoms with E-state index in [0.29, 0.717) is 19.5 Å². The number of rotatable bonds is 2. The van der Waals surface area contributed by atoms with E-state index >= 15 is 0 Å². The van der Waals surface area contributed by atoms with Crippen molar-refractivity contribution in [2.45, 2.75) is 43.7 Å². The van der Waals surface area contributed by atoms with Crippen molar-refractivity contribution in [3.63, 3.8) is 0 Å². The van der Waals surface area contributed by atoms with Gasteiger partial charge in [-0.15, -0.1) is 0 Å². The van der Waals surface area contributed by atoms with E-state index in [-0.39, 0.29) is 60.9 Å². The van der Waals surface area contributed by atoms with Crippen LogP contribution in [0.15, 0.2) is 30.3 Å². The predicted molar refractivity (Wildman–Crippen MR) is 98.6 cm³/mol. The third kappa shape index (κ3) is 3.04. The summed E-state index contributed by atoms with van der Waals surface area (Å²) >= 11 is 0. The maximum Gasteiger partial charge on any atom is 0.410 e. The molecule has 3 heterocycles. The second-order valence-electron chi connectivity index (χ2n) is 8.39. The van der Waals surface area contributed by atoms with Gasteiger partial charge in [0.05, 0.1) is 0 Å². The molecule has 0 bridgehead atoms. The molecule has 8 heteroatoms. The van der Waals surface area contributed by atoms with Gasteiger partial charge in [-0.2, -0.15) is 0 Å². The second-order valence-corrected chi connectivity index (χ2v) is 8.39. The van der Waals surface area contributed by atoms with Crippen molar-refractivity contribution >= 4 is 12.0 Å². The topological polar surface area (TPSA) is 82.7 Å². The molecule has 3 aliphatic heterocycles. The molecule has 5 rings (SSSR count). The summed E-state index contributed by atoms with van der Waals surface area (Å²) in [6.07, 6.45) is -0.605. The van der Waals surface area contributed by atoms with Crippen molar-refractivity contribution in [1.29, 1.82) is 0 Å². The van der Waals surface area contributed by atoms with Gasteiger partial charge in [-0.25, -0.2) is 14.6 Å². The molecule has 2 amide bonds. The van der Waals surface area contributed by atoms with Gasteiger partial charge in [-0.3, -0.25) is 10.2 Å². The predicted octanol–water partition coefficient (Wildman–Crippen LogP) is 0.963. The van der Waals surface area contributed by atoms with Gasteiger partial charge in [-0.05, 0) is 30.2 Å². The van der Waals surface area contributed by atoms with Crippen LogP contribution in [-0.4, -0.2) is 54.3 Å². The fourth-order valence-corrected chi connectivity index (χ4v) is 5.65. The highest BCUT2D eigenvalue weighted by Gasteiger charge is 2.58. The number of nitrogens with one attached hydrogen (secondary N) is 3. The lowest BCUT2D eigenvalue weighted by Gasteiger charge is -2.41. The molecule has 1 saturated carbocycles. The maximum absolute atomic E-state index is 14.2. The van der Waals surface area contributed by atoms with Crippen LogP contribution in [0.1, 0.15) is 18.4 Å². The highest BCUT2D eigenvalue weighted by molar-refractivity contribution is 5.79. The number of ether oxygens (including phenoxy) is 1. The van der Waals surface area contributed by atoms with Crippen molar-refractivity contribution in [1.82, 2.24) is 21.1 Å². The Hall–Kier alpha value is -2.19. The summed E-state index contributed by atoms with van der Waals surface area (Å²) in [4.78, 5) is 26.8. The number of piperidine rings is 1. The molecule has 3 N–H and O–H groups in total. The highest BCUT2D eigenvalue weighted by Crippen LogP contribution is 2.46. The monoisotopic (exact) mass is 388 g/mol. The lowest BCUT2D eigenvalue weighted by molar-refractivity contribution is -0.129. The third-order valence-electron chi connectivity index (χ3n) is 6.77. The summed E-state index contributed by atoms with van der Waals surface area (Å²) in [5, 5.41) is 3.52. The Morgan fingerprint density at radius 1 is 1.11 bits per heavy atom. The fourth-order valence-electron chi connectivity index (χ4n) is 5.65. The lowest BCUT2D eigenvalue weighted by atomic mass is 9.67. The van der Waals surface area contributed by atoms with E-state index in [1.165, 1.54) is 0 Å². The molecule has 7 atom stereocenters. The average Bonchev–Trinajstić information content (AvgIpc) is 3.00. The molecule has 0 spiro atoms. The van der Waals surface area contributed by atoms with Gasteiger partial charge in [0.1, 0.15) is 12.8 Å². The molecule has 28 heavy (non-hydrogen) atoms. The number of hydrogen-bond acceptors (Lipinski definition) is 5. The Morgan fingerprint density at radius 2 is 1.89 bits per heavy atom. The van der Waals surface area contributed by atoms with Crippen molar-refractivity contribution in [3.05, 3.63) is 35.9 Å². The SMILES string of the molecule is O=C1NNC2CN(C(=O)OCc3ccccc3)CC3NC4CC(F)CC1C4C23. The minimum atomic E-state index is -0.965. The zero-order valence-corrected chi connectivity index (χ0v) is 15.5. The third-order valence-corrected chi connectivity index (χ3v) is 6.77. The number of hydrazine groups is 1. The molecule has 0 radical (unpaired) electrons. The van der Waals surface area contributed by atoms with Gasteiger partial charge in [0, 0.05) is 37.1 Å². The number of likely N-dealkylation sites (tertiary alicyclic amines) is 1. The molecule has 7 nitrogen and oxygen atoms in total. The number of halogens is 1. The zero-order valence-electron chi connectivity index (χ0n) is 15.5. The normalized spacial score (nSPS) is 39.0. The van der Waals surface area contributed by atoms with Crippen molar-refractivity contribution in [2.24, 2.45) is 17.8 Å². The molecular formula is C20H25FN4O3. The molecule has 0 aromatic heterocycles. The van der Waals surface area contributed by atoms with Crippen molar-refractivity contribution in [2.75, 3.05) is 13.1 Å². The first-order valence-corrected chi connectivity index (χ1v) is 10.0. The summed E-state index contributed by atoms with van der Waals surface area (Å²) in [7, 11) is 0. The number of nitrogens with zero attached hydrogens (tertiary/aromatic N) is 1. The Balaban J connectivity index is 1.31. The Labute approximate surface area is 162 Å². The largest absolute Gasteiger partial charge is 0.445 e. The smallest absolute Gasteiger partial charge is 0.410 e. The minimum Gasteiger partial charge on any atom is -0.445 e. The highest BCUT2D eigenvalue weighted by atomic mass is 19.1. The molecule has 1 aromatic carbocycles. The van der Waals surface area contributed by atoms with Gasteiger partial charge in [-0.1, -0.05) is 30.3 Å². The number of alkyl halides is 1. The van der Waals surface area contributed by atoms with Gasteiger partial charge in [0.25, 0.3) is 0 Å². The number of carbonyl (C=O) groups is 2. The van der Waals surface area contributed by atoms with Crippen LogP contribution in [0, 0.1) is 17.8 Å². The Kier molecular flexibility index (Phi) is 4.47. The van der Waals surface area contributed by atoms with Crippen LogP contribution in [-0.2, 0) is 16.1 Å². The van der Waals surface area contributed by atoms with Crippen LogP contribution in [0.25, 0.3) is 0 Å². The molecular weight excluding hydrogens is 363 g/mol. The van der Waals surface area contributed by atoms with E-state index in [1.807, 2.05) is 30.3 Å². The van der Waals surface area contributed by atoms with Gasteiger partial charge < -0.3 is 15.0 Å². The van der Waals surface area contributed by atoms with Crippen LogP contribution in [0.4, 0.5) is 9.18 Å². The Bertz CT molecular complexity index is 763. The van der Waals surface area contributed by atoms with Gasteiger partial charge in [0.2, 0.25) is 5.91 Å². The van der Waals surface area contributed by atoms with Gasteiger partial charge in [0.15, 0.2) is 0 Å². The first kappa shape index (κ1) is 17.9. The average molecular weight is 388 g/mol. The summed E-state index contributed by atoms with van der Waals surface area (Å²) < 4.78 is 19.7. The fraction of sp³-hybridized carbons (Fsp3) is 0.600. The van der Waals surface area contributed by atoms with Gasteiger partial charge >= 0.3 is 6.09 Å². The molecule has 1 aliphatic carbocycles. The van der Waals surface area contributed by atoms with Crippen LogP contribution in [0.3, 0.4) is 0 Å². The second kappa shape index (κ2) is 7.00.